The quantitative estimate of drug-likeness (QED) is 0.787. The summed E-state index contributed by atoms with van der Waals surface area (Å²) >= 11 is 5.66. The fraction of sp³-hybridized carbons (Fsp3) is 0.500. The summed E-state index contributed by atoms with van der Waals surface area (Å²) in [5, 5.41) is 0.0533. The highest BCUT2D eigenvalue weighted by molar-refractivity contribution is 6.30. The number of methoxy groups -OCH3 is 1. The van der Waals surface area contributed by atoms with Gasteiger partial charge < -0.3 is 4.74 Å². The van der Waals surface area contributed by atoms with Gasteiger partial charge >= 0.3 is 0 Å². The second-order valence-electron chi connectivity index (χ2n) is 4.89. The van der Waals surface area contributed by atoms with E-state index in [1.165, 1.54) is 6.07 Å². The highest BCUT2D eigenvalue weighted by atomic mass is 35.5. The predicted octanol–water partition coefficient (Wildman–Crippen LogP) is 3.80. The van der Waals surface area contributed by atoms with Gasteiger partial charge in [0.05, 0.1) is 10.6 Å². The minimum atomic E-state index is -0.501. The predicted molar refractivity (Wildman–Crippen MR) is 70.4 cm³/mol. The number of rotatable bonds is 6. The van der Waals surface area contributed by atoms with Crippen LogP contribution in [0.2, 0.25) is 5.02 Å². The highest BCUT2D eigenvalue weighted by Crippen LogP contribution is 2.20. The minimum Gasteiger partial charge on any atom is -0.379 e. The van der Waals surface area contributed by atoms with Gasteiger partial charge in [0.1, 0.15) is 11.6 Å². The number of ketones is 1. The van der Waals surface area contributed by atoms with E-state index in [0.717, 1.165) is 0 Å². The molecule has 4 heteroatoms. The third-order valence-corrected chi connectivity index (χ3v) is 3.27. The van der Waals surface area contributed by atoms with E-state index in [2.05, 4.69) is 0 Å². The second-order valence-corrected chi connectivity index (χ2v) is 5.30. The van der Waals surface area contributed by atoms with Crippen LogP contribution in [0.15, 0.2) is 18.2 Å². The van der Waals surface area contributed by atoms with Gasteiger partial charge in [-0.25, -0.2) is 4.39 Å². The monoisotopic (exact) mass is 272 g/mol. The molecule has 0 spiro atoms. The lowest BCUT2D eigenvalue weighted by Gasteiger charge is -2.22. The lowest BCUT2D eigenvalue weighted by atomic mass is 9.98. The summed E-state index contributed by atoms with van der Waals surface area (Å²) in [6.07, 6.45) is 1.06. The molecule has 1 aromatic rings. The van der Waals surface area contributed by atoms with Crippen molar-refractivity contribution in [3.63, 3.8) is 0 Å². The van der Waals surface area contributed by atoms with Crippen LogP contribution in [0.25, 0.3) is 0 Å². The second kappa shape index (κ2) is 6.30. The number of benzene rings is 1. The van der Waals surface area contributed by atoms with E-state index in [-0.39, 0.29) is 22.8 Å². The summed E-state index contributed by atoms with van der Waals surface area (Å²) in [4.78, 5) is 11.8. The Kier molecular flexibility index (Phi) is 5.29. The van der Waals surface area contributed by atoms with Crippen LogP contribution in [0.5, 0.6) is 0 Å². The van der Waals surface area contributed by atoms with Gasteiger partial charge in [0.25, 0.3) is 0 Å². The number of ether oxygens (including phenoxy) is 1. The molecular formula is C14H18ClFO2. The van der Waals surface area contributed by atoms with E-state index in [1.807, 2.05) is 13.8 Å². The summed E-state index contributed by atoms with van der Waals surface area (Å²) in [5.41, 5.74) is 0.0189. The van der Waals surface area contributed by atoms with Crippen LogP contribution in [-0.2, 0) is 16.0 Å². The molecule has 0 aromatic heterocycles. The molecular weight excluding hydrogens is 255 g/mol. The van der Waals surface area contributed by atoms with Gasteiger partial charge in [-0.3, -0.25) is 4.79 Å². The SMILES string of the molecule is COC(C)(C)CCC(=O)Cc1cccc(Cl)c1F. The minimum absolute atomic E-state index is 0.0127. The standard InChI is InChI=1S/C14H18ClFO2/c1-14(2,18-3)8-7-11(17)9-10-5-4-6-12(15)13(10)16/h4-6H,7-9H2,1-3H3. The molecule has 1 aromatic carbocycles. The van der Waals surface area contributed by atoms with Gasteiger partial charge in [0.2, 0.25) is 0 Å². The van der Waals surface area contributed by atoms with Gasteiger partial charge in [0.15, 0.2) is 0 Å². The molecule has 0 amide bonds. The van der Waals surface area contributed by atoms with E-state index >= 15 is 0 Å². The highest BCUT2D eigenvalue weighted by Gasteiger charge is 2.18. The first-order chi connectivity index (χ1) is 8.35. The maximum absolute atomic E-state index is 13.6. The van der Waals surface area contributed by atoms with Crippen LogP contribution in [0.1, 0.15) is 32.3 Å². The molecule has 18 heavy (non-hydrogen) atoms. The van der Waals surface area contributed by atoms with Crippen molar-refractivity contribution < 1.29 is 13.9 Å². The zero-order valence-electron chi connectivity index (χ0n) is 10.9. The number of carbonyl (C=O) groups excluding carboxylic acids is 1. The van der Waals surface area contributed by atoms with Crippen LogP contribution in [-0.4, -0.2) is 18.5 Å². The van der Waals surface area contributed by atoms with Gasteiger partial charge in [-0.05, 0) is 31.9 Å². The topological polar surface area (TPSA) is 26.3 Å². The third-order valence-electron chi connectivity index (χ3n) is 2.98. The Hall–Kier alpha value is -0.930. The lowest BCUT2D eigenvalue weighted by molar-refractivity contribution is -0.119. The van der Waals surface area contributed by atoms with Gasteiger partial charge in [0, 0.05) is 20.0 Å². The van der Waals surface area contributed by atoms with Crippen molar-refractivity contribution in [2.45, 2.75) is 38.7 Å². The summed E-state index contributed by atoms with van der Waals surface area (Å²) in [7, 11) is 1.61. The molecule has 0 saturated heterocycles. The fourth-order valence-electron chi connectivity index (χ4n) is 1.53. The maximum Gasteiger partial charge on any atom is 0.145 e. The molecule has 0 heterocycles. The summed E-state index contributed by atoms with van der Waals surface area (Å²) in [5.74, 6) is -0.514. The number of hydrogen-bond donors (Lipinski definition) is 0. The number of Topliss-reactive ketones (excluding diaryl/α,β-unsaturated/α-hetero) is 1. The van der Waals surface area contributed by atoms with Crippen molar-refractivity contribution in [3.8, 4) is 0 Å². The van der Waals surface area contributed by atoms with E-state index < -0.39 is 5.82 Å². The Morgan fingerprint density at radius 3 is 2.72 bits per heavy atom. The van der Waals surface area contributed by atoms with Crippen molar-refractivity contribution in [2.75, 3.05) is 7.11 Å². The Bertz CT molecular complexity index is 430. The first-order valence-electron chi connectivity index (χ1n) is 5.85. The largest absolute Gasteiger partial charge is 0.379 e. The molecule has 0 aliphatic carbocycles. The first-order valence-corrected chi connectivity index (χ1v) is 6.23. The van der Waals surface area contributed by atoms with E-state index in [4.69, 9.17) is 16.3 Å². The lowest BCUT2D eigenvalue weighted by Crippen LogP contribution is -2.23. The van der Waals surface area contributed by atoms with E-state index in [0.29, 0.717) is 18.4 Å². The first kappa shape index (κ1) is 15.1. The Morgan fingerprint density at radius 2 is 2.11 bits per heavy atom. The third kappa shape index (κ3) is 4.39. The molecule has 1 rings (SSSR count). The zero-order chi connectivity index (χ0) is 13.8. The van der Waals surface area contributed by atoms with E-state index in [1.54, 1.807) is 19.2 Å². The molecule has 0 fully saturated rings. The number of hydrogen-bond acceptors (Lipinski definition) is 2. The summed E-state index contributed by atoms with van der Waals surface area (Å²) in [6, 6.07) is 4.70. The van der Waals surface area contributed by atoms with Crippen molar-refractivity contribution in [3.05, 3.63) is 34.6 Å². The average Bonchev–Trinajstić information content (AvgIpc) is 2.33. The van der Waals surface area contributed by atoms with Crippen LogP contribution in [0, 0.1) is 5.82 Å². The van der Waals surface area contributed by atoms with Gasteiger partial charge in [-0.1, -0.05) is 23.7 Å². The van der Waals surface area contributed by atoms with Crippen molar-refractivity contribution in [1.82, 2.24) is 0 Å². The number of halogens is 2. The molecule has 0 saturated carbocycles. The maximum atomic E-state index is 13.6. The van der Waals surface area contributed by atoms with Crippen molar-refractivity contribution in [1.29, 1.82) is 0 Å². The van der Waals surface area contributed by atoms with Crippen LogP contribution >= 0.6 is 11.6 Å². The molecule has 2 nitrogen and oxygen atoms in total. The molecule has 0 aliphatic rings. The fourth-order valence-corrected chi connectivity index (χ4v) is 1.72. The summed E-state index contributed by atoms with van der Waals surface area (Å²) in [6.45, 7) is 3.83. The van der Waals surface area contributed by atoms with Crippen LogP contribution < -0.4 is 0 Å². The summed E-state index contributed by atoms with van der Waals surface area (Å²) < 4.78 is 18.8. The van der Waals surface area contributed by atoms with Gasteiger partial charge in [-0.2, -0.15) is 0 Å². The van der Waals surface area contributed by atoms with Crippen LogP contribution in [0.4, 0.5) is 4.39 Å². The molecule has 0 aliphatic heterocycles. The Balaban J connectivity index is 2.58. The normalized spacial score (nSPS) is 11.6. The molecule has 100 valence electrons. The van der Waals surface area contributed by atoms with E-state index in [9.17, 15) is 9.18 Å². The van der Waals surface area contributed by atoms with Crippen molar-refractivity contribution >= 4 is 17.4 Å². The molecule has 0 N–H and O–H groups in total. The van der Waals surface area contributed by atoms with Crippen molar-refractivity contribution in [2.24, 2.45) is 0 Å². The molecule has 0 bridgehead atoms. The zero-order valence-corrected chi connectivity index (χ0v) is 11.7. The Labute approximate surface area is 112 Å². The van der Waals surface area contributed by atoms with Crippen LogP contribution in [0.3, 0.4) is 0 Å². The van der Waals surface area contributed by atoms with Gasteiger partial charge in [-0.15, -0.1) is 0 Å². The molecule has 0 atom stereocenters. The number of carbonyl (C=O) groups is 1. The molecule has 0 unspecified atom stereocenters. The Morgan fingerprint density at radius 1 is 1.44 bits per heavy atom. The average molecular weight is 273 g/mol. The smallest absolute Gasteiger partial charge is 0.145 e. The molecule has 0 radical (unpaired) electrons.